The molecule has 3 aromatic rings. The molecule has 0 radical (unpaired) electrons. The second-order valence-corrected chi connectivity index (χ2v) is 6.45. The van der Waals surface area contributed by atoms with Crippen molar-refractivity contribution in [3.8, 4) is 0 Å². The van der Waals surface area contributed by atoms with Crippen LogP contribution in [0.25, 0.3) is 0 Å². The van der Waals surface area contributed by atoms with Gasteiger partial charge in [-0.25, -0.2) is 4.39 Å². The third-order valence-electron chi connectivity index (χ3n) is 4.08. The molecule has 0 fully saturated rings. The fourth-order valence-corrected chi connectivity index (χ4v) is 2.61. The fourth-order valence-electron chi connectivity index (χ4n) is 2.61. The van der Waals surface area contributed by atoms with Crippen molar-refractivity contribution in [3.05, 3.63) is 83.8 Å². The van der Waals surface area contributed by atoms with E-state index in [9.17, 15) is 9.18 Å². The normalized spacial score (nSPS) is 10.7. The number of aromatic nitrogens is 2. The van der Waals surface area contributed by atoms with E-state index in [0.29, 0.717) is 18.1 Å². The van der Waals surface area contributed by atoms with Gasteiger partial charge in [0.2, 0.25) is 0 Å². The van der Waals surface area contributed by atoms with Crippen LogP contribution in [0.3, 0.4) is 0 Å². The first-order chi connectivity index (χ1) is 13.0. The molecule has 0 saturated heterocycles. The van der Waals surface area contributed by atoms with Crippen LogP contribution >= 0.6 is 0 Å². The van der Waals surface area contributed by atoms with Crippen LogP contribution in [0, 0.1) is 5.82 Å². The van der Waals surface area contributed by atoms with Crippen molar-refractivity contribution in [2.24, 2.45) is 0 Å². The second kappa shape index (κ2) is 8.40. The first-order valence-corrected chi connectivity index (χ1v) is 8.74. The molecule has 0 atom stereocenters. The zero-order chi connectivity index (χ0) is 19.2. The molecule has 0 aliphatic rings. The lowest BCUT2D eigenvalue weighted by atomic mass is 10.1. The van der Waals surface area contributed by atoms with Gasteiger partial charge in [0.1, 0.15) is 5.82 Å². The molecule has 0 aliphatic heterocycles. The maximum atomic E-state index is 13.0. The van der Waals surface area contributed by atoms with Crippen molar-refractivity contribution >= 4 is 17.4 Å². The van der Waals surface area contributed by atoms with E-state index in [4.69, 9.17) is 0 Å². The molecule has 0 bridgehead atoms. The number of carbonyl (C=O) groups excluding carboxylic acids is 1. The molecule has 27 heavy (non-hydrogen) atoms. The second-order valence-electron chi connectivity index (χ2n) is 6.45. The summed E-state index contributed by atoms with van der Waals surface area (Å²) in [4.78, 5) is 14.6. The van der Waals surface area contributed by atoms with Gasteiger partial charge in [-0.1, -0.05) is 30.3 Å². The van der Waals surface area contributed by atoms with Crippen molar-refractivity contribution in [1.82, 2.24) is 15.1 Å². The van der Waals surface area contributed by atoms with E-state index in [1.165, 1.54) is 12.1 Å². The minimum atomic E-state index is -0.306. The predicted molar refractivity (Wildman–Crippen MR) is 103 cm³/mol. The lowest BCUT2D eigenvalue weighted by molar-refractivity contribution is 0.0683. The topological polar surface area (TPSA) is 58.1 Å². The Morgan fingerprint density at radius 3 is 2.30 bits per heavy atom. The van der Waals surface area contributed by atoms with Crippen LogP contribution in [-0.4, -0.2) is 27.0 Å². The minimum absolute atomic E-state index is 0.0246. The molecule has 1 heterocycles. The van der Waals surface area contributed by atoms with Crippen LogP contribution in [-0.2, 0) is 6.54 Å². The third-order valence-corrected chi connectivity index (χ3v) is 4.08. The first-order valence-electron chi connectivity index (χ1n) is 8.74. The number of anilines is 2. The smallest absolute Gasteiger partial charge is 0.274 e. The number of hydrogen-bond donors (Lipinski definition) is 1. The standard InChI is InChI=1S/C21H21FN4O/c1-15(2)26(14-16-6-4-3-5-7-16)21(27)19-12-13-20(25-24-19)23-18-10-8-17(22)9-11-18/h3-13,15H,14H2,1-2H3,(H,23,25). The Balaban J connectivity index is 1.72. The summed E-state index contributed by atoms with van der Waals surface area (Å²) < 4.78 is 13.0. The van der Waals surface area contributed by atoms with Gasteiger partial charge < -0.3 is 10.2 Å². The molecule has 3 rings (SSSR count). The summed E-state index contributed by atoms with van der Waals surface area (Å²) in [6, 6.07) is 19.1. The number of nitrogens with zero attached hydrogens (tertiary/aromatic N) is 3. The molecular weight excluding hydrogens is 343 g/mol. The van der Waals surface area contributed by atoms with E-state index in [1.54, 1.807) is 29.2 Å². The quantitative estimate of drug-likeness (QED) is 0.704. The Labute approximate surface area is 157 Å². The van der Waals surface area contributed by atoms with Gasteiger partial charge >= 0.3 is 0 Å². The van der Waals surface area contributed by atoms with Crippen molar-refractivity contribution in [3.63, 3.8) is 0 Å². The highest BCUT2D eigenvalue weighted by Crippen LogP contribution is 2.16. The Hall–Kier alpha value is -3.28. The lowest BCUT2D eigenvalue weighted by Gasteiger charge is -2.26. The largest absolute Gasteiger partial charge is 0.339 e. The molecule has 0 saturated carbocycles. The van der Waals surface area contributed by atoms with Crippen LogP contribution in [0.15, 0.2) is 66.7 Å². The molecule has 138 valence electrons. The van der Waals surface area contributed by atoms with Gasteiger partial charge in [-0.3, -0.25) is 4.79 Å². The Bertz CT molecular complexity index is 880. The molecule has 1 aromatic heterocycles. The molecule has 1 N–H and O–H groups in total. The van der Waals surface area contributed by atoms with E-state index in [2.05, 4.69) is 15.5 Å². The monoisotopic (exact) mass is 364 g/mol. The Morgan fingerprint density at radius 1 is 1.00 bits per heavy atom. The SMILES string of the molecule is CC(C)N(Cc1ccccc1)C(=O)c1ccc(Nc2ccc(F)cc2)nn1. The highest BCUT2D eigenvalue weighted by Gasteiger charge is 2.20. The van der Waals surface area contributed by atoms with E-state index >= 15 is 0 Å². The molecule has 1 amide bonds. The molecule has 0 spiro atoms. The van der Waals surface area contributed by atoms with Crippen molar-refractivity contribution in [1.29, 1.82) is 0 Å². The maximum Gasteiger partial charge on any atom is 0.274 e. The highest BCUT2D eigenvalue weighted by molar-refractivity contribution is 5.92. The van der Waals surface area contributed by atoms with E-state index < -0.39 is 0 Å². The zero-order valence-electron chi connectivity index (χ0n) is 15.3. The van der Waals surface area contributed by atoms with E-state index in [0.717, 1.165) is 5.56 Å². The molecule has 6 heteroatoms. The maximum absolute atomic E-state index is 13.0. The Morgan fingerprint density at radius 2 is 1.70 bits per heavy atom. The van der Waals surface area contributed by atoms with Gasteiger partial charge in [0.05, 0.1) is 0 Å². The summed E-state index contributed by atoms with van der Waals surface area (Å²) in [5, 5.41) is 11.1. The van der Waals surface area contributed by atoms with Crippen LogP contribution in [0.1, 0.15) is 29.9 Å². The fraction of sp³-hybridized carbons (Fsp3) is 0.190. The number of carbonyl (C=O) groups is 1. The summed E-state index contributed by atoms with van der Waals surface area (Å²) >= 11 is 0. The first kappa shape index (κ1) is 18.5. The molecule has 0 aliphatic carbocycles. The minimum Gasteiger partial charge on any atom is -0.339 e. The number of hydrogen-bond acceptors (Lipinski definition) is 4. The van der Waals surface area contributed by atoms with Gasteiger partial charge in [-0.05, 0) is 55.8 Å². The number of amides is 1. The number of benzene rings is 2. The lowest BCUT2D eigenvalue weighted by Crippen LogP contribution is -2.37. The molecule has 2 aromatic carbocycles. The van der Waals surface area contributed by atoms with Gasteiger partial charge in [-0.2, -0.15) is 0 Å². The van der Waals surface area contributed by atoms with E-state index in [-0.39, 0.29) is 23.5 Å². The summed E-state index contributed by atoms with van der Waals surface area (Å²) in [7, 11) is 0. The number of nitrogens with one attached hydrogen (secondary N) is 1. The summed E-state index contributed by atoms with van der Waals surface area (Å²) in [5.74, 6) is 0.00627. The van der Waals surface area contributed by atoms with Crippen LogP contribution in [0.5, 0.6) is 0 Å². The third kappa shape index (κ3) is 4.88. The molecular formula is C21H21FN4O. The van der Waals surface area contributed by atoms with Crippen LogP contribution < -0.4 is 5.32 Å². The van der Waals surface area contributed by atoms with Gasteiger partial charge in [0, 0.05) is 18.3 Å². The summed E-state index contributed by atoms with van der Waals surface area (Å²) in [6.45, 7) is 4.45. The van der Waals surface area contributed by atoms with Crippen molar-refractivity contribution in [2.75, 3.05) is 5.32 Å². The average Bonchev–Trinajstić information content (AvgIpc) is 2.68. The number of rotatable bonds is 6. The summed E-state index contributed by atoms with van der Waals surface area (Å²) in [5.41, 5.74) is 2.03. The van der Waals surface area contributed by atoms with Crippen LogP contribution in [0.2, 0.25) is 0 Å². The van der Waals surface area contributed by atoms with E-state index in [1.807, 2.05) is 44.2 Å². The van der Waals surface area contributed by atoms with Crippen molar-refractivity contribution in [2.45, 2.75) is 26.4 Å². The van der Waals surface area contributed by atoms with Gasteiger partial charge in [0.15, 0.2) is 11.5 Å². The van der Waals surface area contributed by atoms with Crippen molar-refractivity contribution < 1.29 is 9.18 Å². The summed E-state index contributed by atoms with van der Waals surface area (Å²) in [6.07, 6.45) is 0. The Kier molecular flexibility index (Phi) is 5.76. The van der Waals surface area contributed by atoms with Crippen LogP contribution in [0.4, 0.5) is 15.9 Å². The molecule has 5 nitrogen and oxygen atoms in total. The molecule has 0 unspecified atom stereocenters. The average molecular weight is 364 g/mol. The van der Waals surface area contributed by atoms with Gasteiger partial charge in [0.25, 0.3) is 5.91 Å². The van der Waals surface area contributed by atoms with Gasteiger partial charge in [-0.15, -0.1) is 10.2 Å². The zero-order valence-corrected chi connectivity index (χ0v) is 15.3. The highest BCUT2D eigenvalue weighted by atomic mass is 19.1. The predicted octanol–water partition coefficient (Wildman–Crippen LogP) is 4.41. The number of halogens is 1.